The van der Waals surface area contributed by atoms with E-state index < -0.39 is 0 Å². The Bertz CT molecular complexity index is 179. The van der Waals surface area contributed by atoms with Crippen LogP contribution < -0.4 is 5.32 Å². The summed E-state index contributed by atoms with van der Waals surface area (Å²) in [4.78, 5) is 2.25. The van der Waals surface area contributed by atoms with Gasteiger partial charge in [0, 0.05) is 38.9 Å². The minimum atomic E-state index is 0.190. The van der Waals surface area contributed by atoms with Crippen LogP contribution >= 0.6 is 0 Å². The summed E-state index contributed by atoms with van der Waals surface area (Å²) >= 11 is 0. The van der Waals surface area contributed by atoms with Crippen LogP contribution in [0.3, 0.4) is 0 Å². The summed E-state index contributed by atoms with van der Waals surface area (Å²) in [6.07, 6.45) is 2.69. The second-order valence-corrected chi connectivity index (χ2v) is 4.83. The molecule has 0 aromatic rings. The van der Waals surface area contributed by atoms with E-state index in [0.29, 0.717) is 18.5 Å². The van der Waals surface area contributed by atoms with Gasteiger partial charge in [-0.2, -0.15) is 0 Å². The number of nitrogens with one attached hydrogen (secondary N) is 1. The highest BCUT2D eigenvalue weighted by molar-refractivity contribution is 4.83. The van der Waals surface area contributed by atoms with Crippen LogP contribution in [0.4, 0.5) is 0 Å². The largest absolute Gasteiger partial charge is 0.396 e. The van der Waals surface area contributed by atoms with Crippen LogP contribution in [0, 0.1) is 5.92 Å². The van der Waals surface area contributed by atoms with Gasteiger partial charge in [-0.3, -0.25) is 4.90 Å². The van der Waals surface area contributed by atoms with Gasteiger partial charge in [-0.15, -0.1) is 0 Å². The van der Waals surface area contributed by atoms with Crippen molar-refractivity contribution >= 4 is 0 Å². The van der Waals surface area contributed by atoms with Crippen molar-refractivity contribution in [3.05, 3.63) is 0 Å². The number of rotatable bonds is 8. The molecule has 1 fully saturated rings. The number of aliphatic hydroxyl groups is 3. The lowest BCUT2D eigenvalue weighted by Crippen LogP contribution is -2.50. The molecule has 5 heteroatoms. The number of hydrogen-bond acceptors (Lipinski definition) is 5. The van der Waals surface area contributed by atoms with Crippen LogP contribution in [0.15, 0.2) is 0 Å². The van der Waals surface area contributed by atoms with E-state index in [4.69, 9.17) is 15.3 Å². The SMILES string of the molecule is OCCCNC1CC(CCO)CN(CCO)C1. The van der Waals surface area contributed by atoms with Crippen LogP contribution in [0.25, 0.3) is 0 Å². The van der Waals surface area contributed by atoms with Crippen LogP contribution in [-0.2, 0) is 0 Å². The fraction of sp³-hybridized carbons (Fsp3) is 1.00. The van der Waals surface area contributed by atoms with Gasteiger partial charge in [0.1, 0.15) is 0 Å². The van der Waals surface area contributed by atoms with E-state index in [-0.39, 0.29) is 19.8 Å². The maximum atomic E-state index is 9.01. The number of aliphatic hydroxyl groups excluding tert-OH is 3. The third kappa shape index (κ3) is 5.79. The molecule has 0 amide bonds. The number of piperidine rings is 1. The summed E-state index contributed by atoms with van der Waals surface area (Å²) in [5.74, 6) is 0.506. The summed E-state index contributed by atoms with van der Waals surface area (Å²) in [7, 11) is 0. The molecule has 5 nitrogen and oxygen atoms in total. The molecule has 1 aliphatic heterocycles. The predicted octanol–water partition coefficient (Wildman–Crippen LogP) is -0.976. The minimum Gasteiger partial charge on any atom is -0.396 e. The normalized spacial score (nSPS) is 26.3. The first-order chi connectivity index (χ1) is 8.30. The quantitative estimate of drug-likeness (QED) is 0.414. The van der Waals surface area contributed by atoms with Crippen molar-refractivity contribution in [3.63, 3.8) is 0 Å². The predicted molar refractivity (Wildman–Crippen MR) is 66.8 cm³/mol. The van der Waals surface area contributed by atoms with Crippen LogP contribution in [0.5, 0.6) is 0 Å². The zero-order valence-corrected chi connectivity index (χ0v) is 10.5. The fourth-order valence-corrected chi connectivity index (χ4v) is 2.55. The minimum absolute atomic E-state index is 0.190. The lowest BCUT2D eigenvalue weighted by atomic mass is 9.91. The Labute approximate surface area is 103 Å². The molecule has 0 aliphatic carbocycles. The summed E-state index contributed by atoms with van der Waals surface area (Å²) in [6, 6.07) is 0.415. The van der Waals surface area contributed by atoms with Crippen molar-refractivity contribution in [2.75, 3.05) is 46.0 Å². The number of nitrogens with zero attached hydrogens (tertiary/aromatic N) is 1. The Morgan fingerprint density at radius 3 is 2.53 bits per heavy atom. The van der Waals surface area contributed by atoms with Crippen LogP contribution in [0.1, 0.15) is 19.3 Å². The average molecular weight is 246 g/mol. The van der Waals surface area contributed by atoms with Crippen LogP contribution in [-0.4, -0.2) is 72.3 Å². The molecule has 0 bridgehead atoms. The van der Waals surface area contributed by atoms with Gasteiger partial charge in [-0.1, -0.05) is 0 Å². The highest BCUT2D eigenvalue weighted by Gasteiger charge is 2.25. The van der Waals surface area contributed by atoms with Crippen molar-refractivity contribution in [2.24, 2.45) is 5.92 Å². The summed E-state index contributed by atoms with van der Waals surface area (Å²) in [5, 5.41) is 30.2. The van der Waals surface area contributed by atoms with Gasteiger partial charge in [0.2, 0.25) is 0 Å². The molecule has 0 radical (unpaired) electrons. The smallest absolute Gasteiger partial charge is 0.0558 e. The maximum absolute atomic E-state index is 9.01. The second-order valence-electron chi connectivity index (χ2n) is 4.83. The number of likely N-dealkylation sites (tertiary alicyclic amines) is 1. The Morgan fingerprint density at radius 1 is 1.06 bits per heavy atom. The zero-order chi connectivity index (χ0) is 12.5. The van der Waals surface area contributed by atoms with E-state index in [0.717, 1.165) is 38.9 Å². The topological polar surface area (TPSA) is 76.0 Å². The second kappa shape index (κ2) is 8.83. The number of β-amino-alcohol motifs (C(OH)–C–C–N with tert-alkyl or cyclic N) is 1. The first-order valence-electron chi connectivity index (χ1n) is 6.58. The Morgan fingerprint density at radius 2 is 1.88 bits per heavy atom. The first-order valence-corrected chi connectivity index (χ1v) is 6.58. The van der Waals surface area contributed by atoms with Gasteiger partial charge < -0.3 is 20.6 Å². The van der Waals surface area contributed by atoms with E-state index in [2.05, 4.69) is 10.2 Å². The van der Waals surface area contributed by atoms with E-state index >= 15 is 0 Å². The molecular weight excluding hydrogens is 220 g/mol. The standard InChI is InChI=1S/C12H26N2O3/c15-5-1-3-13-12-8-11(2-6-16)9-14(10-12)4-7-17/h11-13,15-17H,1-10H2. The molecular formula is C12H26N2O3. The molecule has 1 heterocycles. The molecule has 0 aromatic heterocycles. The van der Waals surface area contributed by atoms with Gasteiger partial charge >= 0.3 is 0 Å². The Hall–Kier alpha value is -0.200. The van der Waals surface area contributed by atoms with E-state index in [1.165, 1.54) is 0 Å². The van der Waals surface area contributed by atoms with Gasteiger partial charge in [-0.25, -0.2) is 0 Å². The average Bonchev–Trinajstić information content (AvgIpc) is 2.30. The van der Waals surface area contributed by atoms with Crippen molar-refractivity contribution in [3.8, 4) is 0 Å². The zero-order valence-electron chi connectivity index (χ0n) is 10.5. The van der Waals surface area contributed by atoms with E-state index in [1.54, 1.807) is 0 Å². The molecule has 4 N–H and O–H groups in total. The molecule has 17 heavy (non-hydrogen) atoms. The van der Waals surface area contributed by atoms with Crippen molar-refractivity contribution in [1.29, 1.82) is 0 Å². The molecule has 1 rings (SSSR count). The van der Waals surface area contributed by atoms with E-state index in [1.807, 2.05) is 0 Å². The van der Waals surface area contributed by atoms with Crippen molar-refractivity contribution in [1.82, 2.24) is 10.2 Å². The third-order valence-electron chi connectivity index (χ3n) is 3.33. The lowest BCUT2D eigenvalue weighted by molar-refractivity contribution is 0.102. The lowest BCUT2D eigenvalue weighted by Gasteiger charge is -2.38. The molecule has 102 valence electrons. The third-order valence-corrected chi connectivity index (χ3v) is 3.33. The molecule has 0 aromatic carbocycles. The van der Waals surface area contributed by atoms with Crippen molar-refractivity contribution < 1.29 is 15.3 Å². The first kappa shape index (κ1) is 14.9. The summed E-state index contributed by atoms with van der Waals surface area (Å²) in [5.41, 5.74) is 0. The van der Waals surface area contributed by atoms with Gasteiger partial charge in [0.05, 0.1) is 6.61 Å². The Balaban J connectivity index is 2.35. The van der Waals surface area contributed by atoms with Gasteiger partial charge in [-0.05, 0) is 31.7 Å². The van der Waals surface area contributed by atoms with E-state index in [9.17, 15) is 0 Å². The molecule has 0 spiro atoms. The molecule has 1 saturated heterocycles. The number of hydrogen-bond donors (Lipinski definition) is 4. The molecule has 2 unspecified atom stereocenters. The highest BCUT2D eigenvalue weighted by atomic mass is 16.3. The summed E-state index contributed by atoms with van der Waals surface area (Å²) < 4.78 is 0. The Kier molecular flexibility index (Phi) is 7.72. The highest BCUT2D eigenvalue weighted by Crippen LogP contribution is 2.19. The molecule has 2 atom stereocenters. The summed E-state index contributed by atoms with van der Waals surface area (Å²) in [6.45, 7) is 4.11. The van der Waals surface area contributed by atoms with Gasteiger partial charge in [0.25, 0.3) is 0 Å². The monoisotopic (exact) mass is 246 g/mol. The molecule has 1 aliphatic rings. The fourth-order valence-electron chi connectivity index (χ4n) is 2.55. The molecule has 0 saturated carbocycles. The van der Waals surface area contributed by atoms with Gasteiger partial charge in [0.15, 0.2) is 0 Å². The maximum Gasteiger partial charge on any atom is 0.0558 e. The van der Waals surface area contributed by atoms with Crippen LogP contribution in [0.2, 0.25) is 0 Å². The van der Waals surface area contributed by atoms with Crippen molar-refractivity contribution in [2.45, 2.75) is 25.3 Å².